The normalized spacial score (nSPS) is 9.71. The zero-order chi connectivity index (χ0) is 9.80. The molecule has 70 valence electrons. The third-order valence-corrected chi connectivity index (χ3v) is 1.87. The van der Waals surface area contributed by atoms with E-state index >= 15 is 0 Å². The summed E-state index contributed by atoms with van der Waals surface area (Å²) in [4.78, 5) is 10.2. The summed E-state index contributed by atoms with van der Waals surface area (Å²) in [5, 5.41) is 9.23. The number of amides is 1. The van der Waals surface area contributed by atoms with E-state index in [2.05, 4.69) is 15.5 Å². The molecule has 14 heavy (non-hydrogen) atoms. The average molecular weight is 187 g/mol. The highest BCUT2D eigenvalue weighted by Crippen LogP contribution is 2.18. The number of H-pyrrole nitrogens is 1. The summed E-state index contributed by atoms with van der Waals surface area (Å²) in [6.45, 7) is 0. The Kier molecular flexibility index (Phi) is 2.27. The van der Waals surface area contributed by atoms with Gasteiger partial charge < -0.3 is 5.32 Å². The summed E-state index contributed by atoms with van der Waals surface area (Å²) >= 11 is 0. The molecular formula is C10H9N3O. The van der Waals surface area contributed by atoms with Crippen LogP contribution in [0.4, 0.5) is 5.82 Å². The quantitative estimate of drug-likeness (QED) is 0.718. The molecule has 2 N–H and O–H groups in total. The van der Waals surface area contributed by atoms with Crippen LogP contribution in [0.3, 0.4) is 0 Å². The van der Waals surface area contributed by atoms with Crippen LogP contribution in [0, 0.1) is 0 Å². The molecule has 2 aromatic rings. The van der Waals surface area contributed by atoms with Crippen molar-refractivity contribution in [3.8, 4) is 11.3 Å². The van der Waals surface area contributed by atoms with E-state index in [1.54, 1.807) is 6.07 Å². The highest BCUT2D eigenvalue weighted by Gasteiger charge is 2.01. The number of hydrogen-bond donors (Lipinski definition) is 2. The number of benzene rings is 1. The van der Waals surface area contributed by atoms with Gasteiger partial charge in [-0.15, -0.1) is 0 Å². The van der Waals surface area contributed by atoms with Crippen LogP contribution in [-0.4, -0.2) is 16.6 Å². The average Bonchev–Trinajstić information content (AvgIpc) is 2.68. The Bertz CT molecular complexity index is 422. The van der Waals surface area contributed by atoms with E-state index in [-0.39, 0.29) is 0 Å². The van der Waals surface area contributed by atoms with E-state index in [0.29, 0.717) is 12.2 Å². The lowest BCUT2D eigenvalue weighted by molar-refractivity contribution is -0.105. The number of carbonyl (C=O) groups excluding carboxylic acids is 1. The Morgan fingerprint density at radius 3 is 2.79 bits per heavy atom. The minimum Gasteiger partial charge on any atom is -0.312 e. The lowest BCUT2D eigenvalue weighted by atomic mass is 10.2. The second kappa shape index (κ2) is 3.74. The smallest absolute Gasteiger partial charge is 0.212 e. The molecule has 0 aliphatic carbocycles. The number of anilines is 1. The van der Waals surface area contributed by atoms with Crippen LogP contribution in [0.1, 0.15) is 0 Å². The number of aromatic amines is 1. The first-order chi connectivity index (χ1) is 6.90. The van der Waals surface area contributed by atoms with Gasteiger partial charge in [0.15, 0.2) is 5.82 Å². The molecule has 0 atom stereocenters. The zero-order valence-corrected chi connectivity index (χ0v) is 7.40. The molecule has 1 aromatic carbocycles. The highest BCUT2D eigenvalue weighted by molar-refractivity contribution is 5.72. The molecule has 2 rings (SSSR count). The number of aromatic nitrogens is 2. The lowest BCUT2D eigenvalue weighted by Gasteiger charge is -1.93. The maximum atomic E-state index is 10.2. The minimum atomic E-state index is 0.527. The molecule has 0 saturated carbocycles. The lowest BCUT2D eigenvalue weighted by Crippen LogP contribution is -1.92. The number of rotatable bonds is 3. The van der Waals surface area contributed by atoms with Crippen molar-refractivity contribution >= 4 is 12.2 Å². The molecule has 1 heterocycles. The number of nitrogens with zero attached hydrogens (tertiary/aromatic N) is 1. The fourth-order valence-corrected chi connectivity index (χ4v) is 1.22. The number of nitrogens with one attached hydrogen (secondary N) is 2. The van der Waals surface area contributed by atoms with Crippen molar-refractivity contribution in [2.75, 3.05) is 5.32 Å². The van der Waals surface area contributed by atoms with E-state index in [1.807, 2.05) is 30.3 Å². The van der Waals surface area contributed by atoms with E-state index in [9.17, 15) is 4.79 Å². The first-order valence-electron chi connectivity index (χ1n) is 4.21. The van der Waals surface area contributed by atoms with Gasteiger partial charge in [-0.2, -0.15) is 5.10 Å². The molecule has 0 fully saturated rings. The maximum Gasteiger partial charge on any atom is 0.212 e. The van der Waals surface area contributed by atoms with Crippen LogP contribution in [0.2, 0.25) is 0 Å². The van der Waals surface area contributed by atoms with Crippen molar-refractivity contribution in [3.63, 3.8) is 0 Å². The summed E-state index contributed by atoms with van der Waals surface area (Å²) in [5.41, 5.74) is 1.92. The summed E-state index contributed by atoms with van der Waals surface area (Å²) < 4.78 is 0. The van der Waals surface area contributed by atoms with Gasteiger partial charge >= 0.3 is 0 Å². The zero-order valence-electron chi connectivity index (χ0n) is 7.40. The second-order valence-electron chi connectivity index (χ2n) is 2.80. The van der Waals surface area contributed by atoms with Gasteiger partial charge in [0.2, 0.25) is 6.41 Å². The van der Waals surface area contributed by atoms with E-state index in [0.717, 1.165) is 11.3 Å². The van der Waals surface area contributed by atoms with Crippen molar-refractivity contribution in [2.45, 2.75) is 0 Å². The van der Waals surface area contributed by atoms with Crippen molar-refractivity contribution in [2.24, 2.45) is 0 Å². The van der Waals surface area contributed by atoms with Gasteiger partial charge in [-0.05, 0) is 5.56 Å². The summed E-state index contributed by atoms with van der Waals surface area (Å²) in [6.07, 6.45) is 0.602. The first-order valence-corrected chi connectivity index (χ1v) is 4.21. The molecule has 0 spiro atoms. The second-order valence-corrected chi connectivity index (χ2v) is 2.80. The van der Waals surface area contributed by atoms with Crippen LogP contribution in [0.25, 0.3) is 11.3 Å². The Morgan fingerprint density at radius 2 is 2.07 bits per heavy atom. The Morgan fingerprint density at radius 1 is 1.29 bits per heavy atom. The SMILES string of the molecule is O=CNc1cc(-c2ccccc2)[nH]n1. The Labute approximate surface area is 81.0 Å². The number of carbonyl (C=O) groups is 1. The molecule has 0 radical (unpaired) electrons. The highest BCUT2D eigenvalue weighted by atomic mass is 16.1. The van der Waals surface area contributed by atoms with Gasteiger partial charge in [-0.3, -0.25) is 9.89 Å². The molecule has 0 bridgehead atoms. The predicted molar refractivity (Wildman–Crippen MR) is 53.7 cm³/mol. The summed E-state index contributed by atoms with van der Waals surface area (Å²) in [6, 6.07) is 11.6. The van der Waals surface area contributed by atoms with Gasteiger partial charge in [0.25, 0.3) is 0 Å². The maximum absolute atomic E-state index is 10.2. The standard InChI is InChI=1S/C10H9N3O/c14-7-11-10-6-9(12-13-10)8-4-2-1-3-5-8/h1-7H,(H2,11,12,13,14). The topological polar surface area (TPSA) is 57.8 Å². The molecule has 1 amide bonds. The predicted octanol–water partition coefficient (Wildman–Crippen LogP) is 1.64. The largest absolute Gasteiger partial charge is 0.312 e. The molecule has 0 saturated heterocycles. The molecule has 4 heteroatoms. The van der Waals surface area contributed by atoms with Crippen molar-refractivity contribution < 1.29 is 4.79 Å². The summed E-state index contributed by atoms with van der Waals surface area (Å²) in [5.74, 6) is 0.527. The van der Waals surface area contributed by atoms with Crippen LogP contribution < -0.4 is 5.32 Å². The van der Waals surface area contributed by atoms with Crippen LogP contribution in [0.5, 0.6) is 0 Å². The molecule has 1 aromatic heterocycles. The third kappa shape index (κ3) is 1.64. The number of hydrogen-bond acceptors (Lipinski definition) is 2. The summed E-state index contributed by atoms with van der Waals surface area (Å²) in [7, 11) is 0. The van der Waals surface area contributed by atoms with Gasteiger partial charge in [-0.25, -0.2) is 0 Å². The van der Waals surface area contributed by atoms with E-state index in [4.69, 9.17) is 0 Å². The Hall–Kier alpha value is -2.10. The van der Waals surface area contributed by atoms with Gasteiger partial charge in [0.1, 0.15) is 0 Å². The van der Waals surface area contributed by atoms with Crippen molar-refractivity contribution in [3.05, 3.63) is 36.4 Å². The van der Waals surface area contributed by atoms with Crippen molar-refractivity contribution in [1.82, 2.24) is 10.2 Å². The fourth-order valence-electron chi connectivity index (χ4n) is 1.22. The van der Waals surface area contributed by atoms with Crippen LogP contribution in [0.15, 0.2) is 36.4 Å². The first kappa shape index (κ1) is 8.50. The molecular weight excluding hydrogens is 178 g/mol. The van der Waals surface area contributed by atoms with Crippen LogP contribution in [-0.2, 0) is 4.79 Å². The monoisotopic (exact) mass is 187 g/mol. The van der Waals surface area contributed by atoms with Crippen molar-refractivity contribution in [1.29, 1.82) is 0 Å². The molecule has 0 unspecified atom stereocenters. The van der Waals surface area contributed by atoms with Gasteiger partial charge in [0, 0.05) is 6.07 Å². The van der Waals surface area contributed by atoms with Gasteiger partial charge in [-0.1, -0.05) is 30.3 Å². The molecule has 0 aliphatic heterocycles. The van der Waals surface area contributed by atoms with E-state index < -0.39 is 0 Å². The third-order valence-electron chi connectivity index (χ3n) is 1.87. The molecule has 0 aliphatic rings. The fraction of sp³-hybridized carbons (Fsp3) is 0. The van der Waals surface area contributed by atoms with Gasteiger partial charge in [0.05, 0.1) is 5.69 Å². The Balaban J connectivity index is 2.29. The minimum absolute atomic E-state index is 0.527. The van der Waals surface area contributed by atoms with Crippen LogP contribution >= 0.6 is 0 Å². The molecule has 4 nitrogen and oxygen atoms in total. The van der Waals surface area contributed by atoms with E-state index in [1.165, 1.54) is 0 Å².